The fourth-order valence-electron chi connectivity index (χ4n) is 1.05. The summed E-state index contributed by atoms with van der Waals surface area (Å²) in [5, 5.41) is 8.83. The van der Waals surface area contributed by atoms with E-state index in [4.69, 9.17) is 16.6 Å². The zero-order chi connectivity index (χ0) is 9.14. The lowest BCUT2D eigenvalue weighted by molar-refractivity contribution is 0.0998. The third-order valence-electron chi connectivity index (χ3n) is 1.60. The first-order valence-electron chi connectivity index (χ1n) is 3.45. The van der Waals surface area contributed by atoms with Crippen LogP contribution in [0.2, 0.25) is 0 Å². The summed E-state index contributed by atoms with van der Waals surface area (Å²) >= 11 is 0. The highest BCUT2D eigenvalue weighted by Gasteiger charge is 2.09. The highest BCUT2D eigenvalue weighted by molar-refractivity contribution is 5.99. The lowest BCUT2D eigenvalue weighted by Crippen LogP contribution is -2.16. The molecule has 0 aliphatic heterocycles. The maximum atomic E-state index is 10.8. The molecule has 4 nitrogen and oxygen atoms in total. The van der Waals surface area contributed by atoms with E-state index >= 15 is 0 Å². The van der Waals surface area contributed by atoms with E-state index in [2.05, 4.69) is 0 Å². The number of carbonyl (C=O) groups is 1. The Hall–Kier alpha value is -1.55. The number of benzene rings is 1. The van der Waals surface area contributed by atoms with Crippen LogP contribution in [0.4, 0.5) is 5.69 Å². The van der Waals surface area contributed by atoms with E-state index < -0.39 is 5.91 Å². The van der Waals surface area contributed by atoms with E-state index in [1.165, 1.54) is 0 Å². The van der Waals surface area contributed by atoms with E-state index in [1.807, 2.05) is 0 Å². The van der Waals surface area contributed by atoms with Gasteiger partial charge in [0.25, 0.3) is 5.91 Å². The second-order valence-electron chi connectivity index (χ2n) is 2.40. The number of aliphatic hydroxyl groups excluding tert-OH is 1. The molecule has 1 rings (SSSR count). The SMILES string of the molecule is NC(=O)c1c(N)cccc1CO. The molecule has 0 bridgehead atoms. The van der Waals surface area contributed by atoms with Crippen LogP contribution in [0.5, 0.6) is 0 Å². The maximum absolute atomic E-state index is 10.8. The Morgan fingerprint density at radius 2 is 2.17 bits per heavy atom. The number of anilines is 1. The van der Waals surface area contributed by atoms with Gasteiger partial charge in [0, 0.05) is 5.69 Å². The van der Waals surface area contributed by atoms with Gasteiger partial charge in [-0.05, 0) is 11.6 Å². The Labute approximate surface area is 69.8 Å². The van der Waals surface area contributed by atoms with Crippen molar-refractivity contribution in [2.45, 2.75) is 6.61 Å². The first kappa shape index (κ1) is 8.55. The summed E-state index contributed by atoms with van der Waals surface area (Å²) in [5.74, 6) is -0.614. The molecule has 0 atom stereocenters. The van der Waals surface area contributed by atoms with Gasteiger partial charge in [-0.15, -0.1) is 0 Å². The second kappa shape index (κ2) is 3.23. The van der Waals surface area contributed by atoms with Crippen molar-refractivity contribution in [2.75, 3.05) is 5.73 Å². The standard InChI is InChI=1S/C8H10N2O2/c9-6-3-1-2-5(4-11)7(6)8(10)12/h1-3,11H,4,9H2,(H2,10,12). The normalized spacial score (nSPS) is 9.75. The molecule has 12 heavy (non-hydrogen) atoms. The Morgan fingerprint density at radius 1 is 1.50 bits per heavy atom. The fourth-order valence-corrected chi connectivity index (χ4v) is 1.05. The Kier molecular flexibility index (Phi) is 2.30. The van der Waals surface area contributed by atoms with Crippen LogP contribution in [0.25, 0.3) is 0 Å². The van der Waals surface area contributed by atoms with Crippen molar-refractivity contribution in [3.8, 4) is 0 Å². The zero-order valence-electron chi connectivity index (χ0n) is 6.45. The maximum Gasteiger partial charge on any atom is 0.251 e. The van der Waals surface area contributed by atoms with Gasteiger partial charge >= 0.3 is 0 Å². The molecule has 1 aromatic carbocycles. The molecule has 0 spiro atoms. The van der Waals surface area contributed by atoms with Gasteiger partial charge in [-0.1, -0.05) is 12.1 Å². The summed E-state index contributed by atoms with van der Waals surface area (Å²) < 4.78 is 0. The van der Waals surface area contributed by atoms with Crippen molar-refractivity contribution in [3.63, 3.8) is 0 Å². The van der Waals surface area contributed by atoms with Crippen LogP contribution in [-0.2, 0) is 6.61 Å². The number of primary amides is 1. The van der Waals surface area contributed by atoms with Crippen molar-refractivity contribution in [1.82, 2.24) is 0 Å². The average molecular weight is 166 g/mol. The van der Waals surface area contributed by atoms with E-state index in [9.17, 15) is 4.79 Å². The number of hydrogen-bond acceptors (Lipinski definition) is 3. The number of amides is 1. The van der Waals surface area contributed by atoms with Crippen molar-refractivity contribution >= 4 is 11.6 Å². The molecule has 0 saturated heterocycles. The van der Waals surface area contributed by atoms with Crippen LogP contribution in [0, 0.1) is 0 Å². The topological polar surface area (TPSA) is 89.3 Å². The molecule has 0 unspecified atom stereocenters. The minimum atomic E-state index is -0.614. The first-order valence-corrected chi connectivity index (χ1v) is 3.45. The molecule has 64 valence electrons. The highest BCUT2D eigenvalue weighted by atomic mass is 16.3. The Bertz CT molecular complexity index is 310. The number of nitrogens with two attached hydrogens (primary N) is 2. The van der Waals surface area contributed by atoms with Gasteiger partial charge in [0.15, 0.2) is 0 Å². The summed E-state index contributed by atoms with van der Waals surface area (Å²) in [4.78, 5) is 10.8. The molecule has 0 fully saturated rings. The number of rotatable bonds is 2. The minimum Gasteiger partial charge on any atom is -0.398 e. The fraction of sp³-hybridized carbons (Fsp3) is 0.125. The predicted octanol–water partition coefficient (Wildman–Crippen LogP) is -0.140. The number of hydrogen-bond donors (Lipinski definition) is 3. The monoisotopic (exact) mass is 166 g/mol. The number of aliphatic hydroxyl groups is 1. The summed E-state index contributed by atoms with van der Waals surface area (Å²) in [7, 11) is 0. The van der Waals surface area contributed by atoms with Gasteiger partial charge < -0.3 is 16.6 Å². The second-order valence-corrected chi connectivity index (χ2v) is 2.40. The van der Waals surface area contributed by atoms with Crippen molar-refractivity contribution in [2.24, 2.45) is 5.73 Å². The lowest BCUT2D eigenvalue weighted by Gasteiger charge is -2.05. The van der Waals surface area contributed by atoms with Crippen molar-refractivity contribution in [1.29, 1.82) is 0 Å². The minimum absolute atomic E-state index is 0.208. The van der Waals surface area contributed by atoms with Crippen LogP contribution in [0.3, 0.4) is 0 Å². The largest absolute Gasteiger partial charge is 0.398 e. The zero-order valence-corrected chi connectivity index (χ0v) is 6.45. The van der Waals surface area contributed by atoms with Gasteiger partial charge in [-0.3, -0.25) is 4.79 Å². The van der Waals surface area contributed by atoms with E-state index in [1.54, 1.807) is 18.2 Å². The van der Waals surface area contributed by atoms with Crippen LogP contribution < -0.4 is 11.5 Å². The molecule has 0 saturated carbocycles. The molecule has 4 heteroatoms. The molecule has 0 aliphatic rings. The Morgan fingerprint density at radius 3 is 2.58 bits per heavy atom. The summed E-state index contributed by atoms with van der Waals surface area (Å²) in [6, 6.07) is 4.84. The lowest BCUT2D eigenvalue weighted by atomic mass is 10.1. The van der Waals surface area contributed by atoms with Gasteiger partial charge in [0.05, 0.1) is 12.2 Å². The average Bonchev–Trinajstić information content (AvgIpc) is 2.03. The van der Waals surface area contributed by atoms with Gasteiger partial charge in [-0.25, -0.2) is 0 Å². The highest BCUT2D eigenvalue weighted by Crippen LogP contribution is 2.15. The van der Waals surface area contributed by atoms with Crippen LogP contribution in [-0.4, -0.2) is 11.0 Å². The molecule has 5 N–H and O–H groups in total. The van der Waals surface area contributed by atoms with E-state index in [0.29, 0.717) is 11.3 Å². The van der Waals surface area contributed by atoms with Gasteiger partial charge in [0.2, 0.25) is 0 Å². The van der Waals surface area contributed by atoms with Crippen molar-refractivity contribution in [3.05, 3.63) is 29.3 Å². The van der Waals surface area contributed by atoms with Crippen molar-refractivity contribution < 1.29 is 9.90 Å². The summed E-state index contributed by atoms with van der Waals surface area (Å²) in [6.07, 6.45) is 0. The number of carbonyl (C=O) groups excluding carboxylic acids is 1. The molecular formula is C8H10N2O2. The molecule has 0 aromatic heterocycles. The molecular weight excluding hydrogens is 156 g/mol. The van der Waals surface area contributed by atoms with Gasteiger partial charge in [-0.2, -0.15) is 0 Å². The van der Waals surface area contributed by atoms with Crippen LogP contribution >= 0.6 is 0 Å². The third-order valence-corrected chi connectivity index (χ3v) is 1.60. The Balaban J connectivity index is 3.29. The van der Waals surface area contributed by atoms with Crippen LogP contribution in [0.1, 0.15) is 15.9 Å². The third kappa shape index (κ3) is 1.38. The molecule has 1 amide bonds. The molecule has 0 heterocycles. The quantitative estimate of drug-likeness (QED) is 0.534. The smallest absolute Gasteiger partial charge is 0.251 e. The summed E-state index contributed by atoms with van der Waals surface area (Å²) in [6.45, 7) is -0.233. The predicted molar refractivity (Wildman–Crippen MR) is 45.3 cm³/mol. The van der Waals surface area contributed by atoms with Gasteiger partial charge in [0.1, 0.15) is 0 Å². The van der Waals surface area contributed by atoms with E-state index in [-0.39, 0.29) is 12.2 Å². The van der Waals surface area contributed by atoms with E-state index in [0.717, 1.165) is 0 Å². The molecule has 1 aromatic rings. The first-order chi connectivity index (χ1) is 5.66. The molecule has 0 radical (unpaired) electrons. The van der Waals surface area contributed by atoms with Crippen LogP contribution in [0.15, 0.2) is 18.2 Å². The molecule has 0 aliphatic carbocycles. The summed E-state index contributed by atoms with van der Waals surface area (Å²) in [5.41, 5.74) is 11.5. The number of nitrogen functional groups attached to an aromatic ring is 1.